The van der Waals surface area contributed by atoms with Crippen molar-refractivity contribution in [2.24, 2.45) is 5.92 Å². The average Bonchev–Trinajstić information content (AvgIpc) is 3.45. The van der Waals surface area contributed by atoms with Gasteiger partial charge in [-0.2, -0.15) is 0 Å². The van der Waals surface area contributed by atoms with Crippen LogP contribution in [-0.2, 0) is 12.1 Å². The molecule has 1 spiro atoms. The summed E-state index contributed by atoms with van der Waals surface area (Å²) in [6.45, 7) is 3.42. The number of aromatic nitrogens is 1. The van der Waals surface area contributed by atoms with Crippen molar-refractivity contribution in [1.29, 1.82) is 0 Å². The summed E-state index contributed by atoms with van der Waals surface area (Å²) in [5.74, 6) is -4.07. The number of hydrogen-bond acceptors (Lipinski definition) is 5. The van der Waals surface area contributed by atoms with Crippen LogP contribution in [0.5, 0.6) is 5.75 Å². The third kappa shape index (κ3) is 3.97. The number of benzene rings is 1. The lowest BCUT2D eigenvalue weighted by atomic mass is 10.0. The van der Waals surface area contributed by atoms with Crippen LogP contribution in [0.4, 0.5) is 8.78 Å². The molecule has 0 bridgehead atoms. The Morgan fingerprint density at radius 2 is 2.00 bits per heavy atom. The Bertz CT molecular complexity index is 1190. The van der Waals surface area contributed by atoms with Gasteiger partial charge in [0.1, 0.15) is 17.2 Å². The van der Waals surface area contributed by atoms with E-state index in [2.05, 4.69) is 5.32 Å². The monoisotopic (exact) mass is 483 g/mol. The molecule has 2 atom stereocenters. The molecule has 1 aliphatic carbocycles. The van der Waals surface area contributed by atoms with Gasteiger partial charge in [-0.05, 0) is 26.3 Å². The van der Waals surface area contributed by atoms with Gasteiger partial charge in [0.15, 0.2) is 11.4 Å². The van der Waals surface area contributed by atoms with Crippen molar-refractivity contribution < 1.29 is 28.6 Å². The molecular weight excluding hydrogens is 460 g/mol. The molecule has 1 aromatic carbocycles. The fourth-order valence-corrected chi connectivity index (χ4v) is 4.34. The summed E-state index contributed by atoms with van der Waals surface area (Å²) in [5, 5.41) is 22.7. The number of aromatic hydroxyl groups is 1. The zero-order valence-electron chi connectivity index (χ0n) is 18.0. The summed E-state index contributed by atoms with van der Waals surface area (Å²) in [6.07, 6.45) is 1.73. The highest BCUT2D eigenvalue weighted by Crippen LogP contribution is 2.53. The highest BCUT2D eigenvalue weighted by molar-refractivity contribution is 5.99. The van der Waals surface area contributed by atoms with E-state index in [9.17, 15) is 33.4 Å². The van der Waals surface area contributed by atoms with Gasteiger partial charge in [0.05, 0.1) is 5.54 Å². The third-order valence-corrected chi connectivity index (χ3v) is 6.31. The molecule has 3 N–H and O–H groups in total. The topological polar surface area (TPSA) is 112 Å². The predicted molar refractivity (Wildman–Crippen MR) is 116 cm³/mol. The van der Waals surface area contributed by atoms with E-state index in [0.717, 1.165) is 6.07 Å². The van der Waals surface area contributed by atoms with Gasteiger partial charge in [0.25, 0.3) is 11.8 Å². The van der Waals surface area contributed by atoms with Crippen molar-refractivity contribution in [3.05, 3.63) is 63.1 Å². The average molecular weight is 484 g/mol. The van der Waals surface area contributed by atoms with Crippen LogP contribution in [0.3, 0.4) is 0 Å². The van der Waals surface area contributed by atoms with E-state index in [0.29, 0.717) is 12.5 Å². The molecule has 0 radical (unpaired) electrons. The van der Waals surface area contributed by atoms with Crippen molar-refractivity contribution in [3.63, 3.8) is 0 Å². The Labute approximate surface area is 194 Å². The molecule has 4 rings (SSSR count). The van der Waals surface area contributed by atoms with Crippen LogP contribution in [0, 0.1) is 17.6 Å². The third-order valence-electron chi connectivity index (χ3n) is 6.31. The molecule has 2 aromatic rings. The van der Waals surface area contributed by atoms with E-state index >= 15 is 0 Å². The first kappa shape index (κ1) is 24.7. The summed E-state index contributed by atoms with van der Waals surface area (Å²) < 4.78 is 28.3. The number of carbonyl (C=O) groups excluding carboxylic acids is 2. The number of aliphatic hydroxyl groups is 1. The van der Waals surface area contributed by atoms with Gasteiger partial charge in [-0.15, -0.1) is 12.4 Å². The molecular formula is C22H24ClF2N3O5. The lowest BCUT2D eigenvalue weighted by Crippen LogP contribution is -2.52. The maximum absolute atomic E-state index is 13.8. The molecule has 1 aromatic heterocycles. The first-order valence-corrected chi connectivity index (χ1v) is 10.2. The summed E-state index contributed by atoms with van der Waals surface area (Å²) in [4.78, 5) is 40.0. The highest BCUT2D eigenvalue weighted by atomic mass is 35.5. The number of fused-ring (bicyclic) bond motifs is 2. The Morgan fingerprint density at radius 3 is 2.58 bits per heavy atom. The number of nitrogens with one attached hydrogen (secondary N) is 1. The molecule has 0 unspecified atom stereocenters. The fourth-order valence-electron chi connectivity index (χ4n) is 4.34. The second-order valence-corrected chi connectivity index (χ2v) is 8.57. The quantitative estimate of drug-likeness (QED) is 0.600. The van der Waals surface area contributed by atoms with Crippen LogP contribution in [0.2, 0.25) is 0 Å². The van der Waals surface area contributed by atoms with Gasteiger partial charge >= 0.3 is 0 Å². The number of carbonyl (C=O) groups is 2. The van der Waals surface area contributed by atoms with Gasteiger partial charge in [0, 0.05) is 49.5 Å². The molecule has 11 heteroatoms. The lowest BCUT2D eigenvalue weighted by molar-refractivity contribution is 0.0551. The molecule has 33 heavy (non-hydrogen) atoms. The van der Waals surface area contributed by atoms with Gasteiger partial charge < -0.3 is 25.0 Å². The molecule has 0 saturated heterocycles. The number of pyridine rings is 1. The van der Waals surface area contributed by atoms with Gasteiger partial charge in [-0.25, -0.2) is 8.78 Å². The van der Waals surface area contributed by atoms with Crippen LogP contribution >= 0.6 is 12.4 Å². The van der Waals surface area contributed by atoms with Crippen molar-refractivity contribution in [2.75, 3.05) is 13.2 Å². The lowest BCUT2D eigenvalue weighted by Gasteiger charge is -2.39. The Hall–Kier alpha value is -2.98. The number of rotatable bonds is 5. The van der Waals surface area contributed by atoms with E-state index in [1.807, 2.05) is 13.8 Å². The maximum atomic E-state index is 13.8. The van der Waals surface area contributed by atoms with E-state index in [1.54, 1.807) is 0 Å². The largest absolute Gasteiger partial charge is 0.503 e. The van der Waals surface area contributed by atoms with Crippen LogP contribution < -0.4 is 10.7 Å². The number of hydrogen-bond donors (Lipinski definition) is 3. The molecule has 1 saturated carbocycles. The van der Waals surface area contributed by atoms with Crippen LogP contribution in [0.1, 0.15) is 46.7 Å². The Balaban J connectivity index is 0.00000306. The zero-order chi connectivity index (χ0) is 23.4. The second-order valence-electron chi connectivity index (χ2n) is 8.57. The second kappa shape index (κ2) is 8.75. The van der Waals surface area contributed by atoms with Gasteiger partial charge in [-0.3, -0.25) is 14.4 Å². The highest BCUT2D eigenvalue weighted by Gasteiger charge is 2.60. The van der Waals surface area contributed by atoms with E-state index in [-0.39, 0.29) is 55.3 Å². The van der Waals surface area contributed by atoms with Crippen molar-refractivity contribution >= 4 is 24.2 Å². The van der Waals surface area contributed by atoms with Crippen LogP contribution in [0.25, 0.3) is 0 Å². The summed E-state index contributed by atoms with van der Waals surface area (Å²) in [7, 11) is 0. The number of halogens is 3. The molecule has 2 aliphatic rings. The van der Waals surface area contributed by atoms with E-state index in [4.69, 9.17) is 0 Å². The Morgan fingerprint density at radius 1 is 1.30 bits per heavy atom. The normalized spacial score (nSPS) is 21.1. The van der Waals surface area contributed by atoms with Gasteiger partial charge in [0.2, 0.25) is 5.43 Å². The smallest absolute Gasteiger partial charge is 0.274 e. The molecule has 8 nitrogen and oxygen atoms in total. The predicted octanol–water partition coefficient (Wildman–Crippen LogP) is 1.76. The van der Waals surface area contributed by atoms with Gasteiger partial charge in [-0.1, -0.05) is 6.07 Å². The first-order chi connectivity index (χ1) is 15.1. The Kier molecular flexibility index (Phi) is 6.54. The minimum Gasteiger partial charge on any atom is -0.503 e. The minimum absolute atomic E-state index is 0. The molecule has 2 amide bonds. The standard InChI is InChI=1S/C22H23F2N3O5.ClH/c1-11(2)26-10-22(6-13(22)9-28)27-8-15(18(29)19(30)17(27)21(26)32)20(31)25-7-12-3-4-14(23)5-16(12)24;/h3-5,8,11,13,28,30H,6-7,9-10H2,1-2H3,(H,25,31);1H/t13-,22-;/m0./s1. The van der Waals surface area contributed by atoms with E-state index < -0.39 is 45.7 Å². The van der Waals surface area contributed by atoms with Crippen molar-refractivity contribution in [1.82, 2.24) is 14.8 Å². The number of amides is 2. The summed E-state index contributed by atoms with van der Waals surface area (Å²) >= 11 is 0. The SMILES string of the molecule is CC(C)N1C[C@]2(C[C@H]2CO)n2cc(C(=O)NCc3ccc(F)cc3F)c(=O)c(O)c2C1=O.Cl. The van der Waals surface area contributed by atoms with Crippen molar-refractivity contribution in [2.45, 2.75) is 38.4 Å². The molecule has 1 fully saturated rings. The molecule has 1 aliphatic heterocycles. The summed E-state index contributed by atoms with van der Waals surface area (Å²) in [6, 6.07) is 2.70. The van der Waals surface area contributed by atoms with Crippen LogP contribution in [-0.4, -0.2) is 50.7 Å². The summed E-state index contributed by atoms with van der Waals surface area (Å²) in [5.41, 5.74) is -2.37. The number of nitrogens with zero attached hydrogens (tertiary/aromatic N) is 2. The minimum atomic E-state index is -1.02. The first-order valence-electron chi connectivity index (χ1n) is 10.2. The van der Waals surface area contributed by atoms with Crippen molar-refractivity contribution in [3.8, 4) is 5.75 Å². The molecule has 178 valence electrons. The van der Waals surface area contributed by atoms with E-state index in [1.165, 1.54) is 21.7 Å². The fraction of sp³-hybridized carbons (Fsp3) is 0.409. The maximum Gasteiger partial charge on any atom is 0.274 e. The van der Waals surface area contributed by atoms with Crippen LogP contribution in [0.15, 0.2) is 29.2 Å². The number of aliphatic hydroxyl groups excluding tert-OH is 1. The molecule has 2 heterocycles. The zero-order valence-corrected chi connectivity index (χ0v) is 18.8.